The van der Waals surface area contributed by atoms with Gasteiger partial charge in [0.2, 0.25) is 21.9 Å². The fourth-order valence-corrected chi connectivity index (χ4v) is 9.47. The van der Waals surface area contributed by atoms with Gasteiger partial charge in [-0.3, -0.25) is 24.6 Å². The van der Waals surface area contributed by atoms with Crippen LogP contribution in [0.5, 0.6) is 0 Å². The first-order chi connectivity index (χ1) is 27.7. The average Bonchev–Trinajstić information content (AvgIpc) is 3.54. The lowest BCUT2D eigenvalue weighted by molar-refractivity contribution is -0.138. The molecule has 304 valence electrons. The molecule has 0 bridgehead atoms. The van der Waals surface area contributed by atoms with E-state index in [9.17, 15) is 31.2 Å². The molecule has 0 saturated carbocycles. The number of amides is 3. The predicted octanol–water partition coefficient (Wildman–Crippen LogP) is 6.28. The van der Waals surface area contributed by atoms with Crippen molar-refractivity contribution in [1.29, 1.82) is 0 Å². The molecule has 0 aliphatic carbocycles. The van der Waals surface area contributed by atoms with E-state index in [1.165, 1.54) is 26.9 Å². The van der Waals surface area contributed by atoms with Crippen LogP contribution in [0.3, 0.4) is 0 Å². The molecular formula is C40H41F4N9O4S. The van der Waals surface area contributed by atoms with Gasteiger partial charge in [0.15, 0.2) is 5.82 Å². The number of nitrogens with zero attached hydrogens (tertiary/aromatic N) is 7. The second-order valence-corrected chi connectivity index (χ2v) is 16.9. The third-order valence-corrected chi connectivity index (χ3v) is 13.1. The number of sulfonamides is 1. The fourth-order valence-electron chi connectivity index (χ4n) is 7.95. The van der Waals surface area contributed by atoms with Gasteiger partial charge in [-0.25, -0.2) is 27.6 Å². The molecule has 0 atom stereocenters. The van der Waals surface area contributed by atoms with Crippen molar-refractivity contribution in [3.05, 3.63) is 95.6 Å². The molecule has 13 nitrogen and oxygen atoms in total. The number of rotatable bonds is 9. The van der Waals surface area contributed by atoms with E-state index in [1.54, 1.807) is 35.0 Å². The van der Waals surface area contributed by atoms with E-state index in [0.717, 1.165) is 36.8 Å². The lowest BCUT2D eigenvalue weighted by Gasteiger charge is -2.32. The number of carbonyl (C=O) groups excluding carboxylic acids is 2. The largest absolute Gasteiger partial charge is 0.419 e. The maximum atomic E-state index is 15.6. The van der Waals surface area contributed by atoms with Crippen molar-refractivity contribution < 1.29 is 35.6 Å². The van der Waals surface area contributed by atoms with Gasteiger partial charge in [0.1, 0.15) is 5.82 Å². The van der Waals surface area contributed by atoms with Gasteiger partial charge in [-0.15, -0.1) is 0 Å². The summed E-state index contributed by atoms with van der Waals surface area (Å²) >= 11 is 0. The van der Waals surface area contributed by atoms with Crippen LogP contribution in [0.1, 0.15) is 54.7 Å². The zero-order chi connectivity index (χ0) is 40.8. The summed E-state index contributed by atoms with van der Waals surface area (Å²) in [4.78, 5) is 35.4. The number of imide groups is 1. The first-order valence-electron chi connectivity index (χ1n) is 19.1. The van der Waals surface area contributed by atoms with Crippen molar-refractivity contribution in [3.63, 3.8) is 0 Å². The zero-order valence-electron chi connectivity index (χ0n) is 31.5. The molecule has 0 unspecified atom stereocenters. The Bertz CT molecular complexity index is 2460. The number of benzene rings is 3. The molecule has 2 aromatic heterocycles. The van der Waals surface area contributed by atoms with Crippen LogP contribution < -0.4 is 15.5 Å². The number of hydrogen-bond acceptors (Lipinski definition) is 9. The van der Waals surface area contributed by atoms with Gasteiger partial charge in [0, 0.05) is 69.0 Å². The van der Waals surface area contributed by atoms with Crippen LogP contribution in [0.2, 0.25) is 0 Å². The van der Waals surface area contributed by atoms with Crippen molar-refractivity contribution in [2.75, 3.05) is 42.9 Å². The summed E-state index contributed by atoms with van der Waals surface area (Å²) in [6.07, 6.45) is -0.322. The van der Waals surface area contributed by atoms with E-state index in [-0.39, 0.29) is 54.7 Å². The van der Waals surface area contributed by atoms with Crippen LogP contribution in [0.25, 0.3) is 22.0 Å². The highest BCUT2D eigenvalue weighted by molar-refractivity contribution is 7.89. The molecule has 18 heteroatoms. The summed E-state index contributed by atoms with van der Waals surface area (Å²) < 4.78 is 84.6. The standard InChI is InChI=1S/C40H41F4N9O4S/c1-50-35-21-28(7-8-33(35)37(49-50)53-18-13-36(54)48-39(53)55)25-9-14-51(15-10-25)24-29-6-5-27(20-34(29)41)26-3-2-4-32(19-26)58(56,57)52-16-11-31(12-17-52)47-38-45-22-30(23-46-38)40(42,43)44/h2-8,19-23,25,31H,9-18,24H2,1H3,(H,45,46,47)(H,48,54,55). The highest BCUT2D eigenvalue weighted by atomic mass is 32.2. The maximum Gasteiger partial charge on any atom is 0.419 e. The summed E-state index contributed by atoms with van der Waals surface area (Å²) in [5, 5.41) is 10.8. The van der Waals surface area contributed by atoms with Crippen molar-refractivity contribution in [1.82, 2.24) is 34.3 Å². The zero-order valence-corrected chi connectivity index (χ0v) is 32.4. The molecule has 3 amide bonds. The van der Waals surface area contributed by atoms with Gasteiger partial charge >= 0.3 is 12.2 Å². The van der Waals surface area contributed by atoms with Gasteiger partial charge in [-0.05, 0) is 91.7 Å². The van der Waals surface area contributed by atoms with Crippen LogP contribution in [0.15, 0.2) is 78.0 Å². The number of fused-ring (bicyclic) bond motifs is 1. The normalized spacial score (nSPS) is 18.2. The van der Waals surface area contributed by atoms with E-state index in [1.807, 2.05) is 13.1 Å². The molecule has 8 rings (SSSR count). The average molecular weight is 820 g/mol. The molecule has 2 N–H and O–H groups in total. The lowest BCUT2D eigenvalue weighted by Crippen LogP contribution is -2.49. The van der Waals surface area contributed by atoms with E-state index < -0.39 is 27.8 Å². The number of likely N-dealkylation sites (tertiary alicyclic amines) is 1. The number of halogens is 4. The number of anilines is 2. The third kappa shape index (κ3) is 8.13. The van der Waals surface area contributed by atoms with Crippen LogP contribution >= 0.6 is 0 Å². The number of hydrogen-bond donors (Lipinski definition) is 2. The number of aryl methyl sites for hydroxylation is 1. The molecule has 3 aliphatic rings. The van der Waals surface area contributed by atoms with Gasteiger partial charge in [-0.1, -0.05) is 30.3 Å². The summed E-state index contributed by atoms with van der Waals surface area (Å²) in [5.74, 6) is 0.204. The van der Waals surface area contributed by atoms with Crippen molar-refractivity contribution in [2.24, 2.45) is 7.05 Å². The summed E-state index contributed by atoms with van der Waals surface area (Å²) in [7, 11) is -2.04. The number of aromatic nitrogens is 4. The first-order valence-corrected chi connectivity index (χ1v) is 20.5. The van der Waals surface area contributed by atoms with E-state index in [0.29, 0.717) is 60.2 Å². The molecule has 58 heavy (non-hydrogen) atoms. The Balaban J connectivity index is 0.861. The second kappa shape index (κ2) is 15.7. The Morgan fingerprint density at radius 1 is 0.879 bits per heavy atom. The Kier molecular flexibility index (Phi) is 10.7. The van der Waals surface area contributed by atoms with Gasteiger partial charge < -0.3 is 5.32 Å². The van der Waals surface area contributed by atoms with E-state index in [4.69, 9.17) is 0 Å². The van der Waals surface area contributed by atoms with Gasteiger partial charge in [0.05, 0.1) is 16.0 Å². The quantitative estimate of drug-likeness (QED) is 0.164. The lowest BCUT2D eigenvalue weighted by atomic mass is 9.88. The Morgan fingerprint density at radius 3 is 2.29 bits per heavy atom. The molecule has 3 aliphatic heterocycles. The SMILES string of the molecule is Cn1nc(N2CCC(=O)NC2=O)c2ccc(C3CCN(Cc4ccc(-c5cccc(S(=O)(=O)N6CCC(Nc7ncc(C(F)(F)F)cn7)CC6)c5)cc4F)CC3)cc21. The molecule has 0 radical (unpaired) electrons. The second-order valence-electron chi connectivity index (χ2n) is 15.0. The molecule has 0 spiro atoms. The first kappa shape index (κ1) is 39.4. The summed E-state index contributed by atoms with van der Waals surface area (Å²) in [6.45, 7) is 2.65. The highest BCUT2D eigenvalue weighted by Crippen LogP contribution is 2.35. The Morgan fingerprint density at radius 2 is 1.60 bits per heavy atom. The minimum absolute atomic E-state index is 0.0458. The van der Waals surface area contributed by atoms with Crippen LogP contribution in [0, 0.1) is 5.82 Å². The topological polar surface area (TPSA) is 146 Å². The number of nitrogens with one attached hydrogen (secondary N) is 2. The fraction of sp³-hybridized carbons (Fsp3) is 0.375. The maximum absolute atomic E-state index is 15.6. The third-order valence-electron chi connectivity index (χ3n) is 11.2. The molecule has 5 heterocycles. The predicted molar refractivity (Wildman–Crippen MR) is 208 cm³/mol. The van der Waals surface area contributed by atoms with Crippen molar-refractivity contribution in [2.45, 2.75) is 61.7 Å². The Hall–Kier alpha value is -5.46. The molecule has 3 aromatic carbocycles. The smallest absolute Gasteiger partial charge is 0.351 e. The molecule has 3 fully saturated rings. The number of urea groups is 1. The number of alkyl halides is 3. The van der Waals surface area contributed by atoms with Crippen molar-refractivity contribution in [3.8, 4) is 11.1 Å². The van der Waals surface area contributed by atoms with E-state index in [2.05, 4.69) is 42.7 Å². The van der Waals surface area contributed by atoms with Crippen LogP contribution in [-0.4, -0.2) is 88.1 Å². The minimum atomic E-state index is -4.54. The molecule has 3 saturated heterocycles. The monoisotopic (exact) mass is 819 g/mol. The number of carbonyl (C=O) groups is 2. The van der Waals surface area contributed by atoms with E-state index >= 15 is 4.39 Å². The molecule has 5 aromatic rings. The van der Waals surface area contributed by atoms with Crippen LogP contribution in [-0.2, 0) is 34.6 Å². The summed E-state index contributed by atoms with van der Waals surface area (Å²) in [5.41, 5.74) is 2.80. The van der Waals surface area contributed by atoms with Crippen molar-refractivity contribution >= 4 is 44.6 Å². The number of piperidine rings is 2. The Labute approximate surface area is 332 Å². The minimum Gasteiger partial charge on any atom is -0.351 e. The summed E-state index contributed by atoms with van der Waals surface area (Å²) in [6, 6.07) is 16.9. The van der Waals surface area contributed by atoms with Crippen LogP contribution in [0.4, 0.5) is 34.1 Å². The van der Waals surface area contributed by atoms with Gasteiger partial charge in [0.25, 0.3) is 0 Å². The highest BCUT2D eigenvalue weighted by Gasteiger charge is 2.33. The molecular weight excluding hydrogens is 779 g/mol. The van der Waals surface area contributed by atoms with Gasteiger partial charge in [-0.2, -0.15) is 22.6 Å².